The predicted molar refractivity (Wildman–Crippen MR) is 115 cm³/mol. The fraction of sp³-hybridized carbons (Fsp3) is 0.556. The van der Waals surface area contributed by atoms with Gasteiger partial charge in [-0.15, -0.1) is 24.8 Å². The van der Waals surface area contributed by atoms with E-state index in [1.165, 1.54) is 18.2 Å². The molecule has 0 unspecified atom stereocenters. The molecule has 2 rings (SSSR count). The van der Waals surface area contributed by atoms with Crippen LogP contribution in [0.1, 0.15) is 6.42 Å². The van der Waals surface area contributed by atoms with Gasteiger partial charge in [-0.1, -0.05) is 0 Å². The summed E-state index contributed by atoms with van der Waals surface area (Å²) in [6, 6.07) is 4.08. The molecule has 0 aromatic heterocycles. The van der Waals surface area contributed by atoms with Gasteiger partial charge in [0.2, 0.25) is 11.8 Å². The summed E-state index contributed by atoms with van der Waals surface area (Å²) in [5, 5.41) is 8.15. The van der Waals surface area contributed by atoms with Gasteiger partial charge in [-0.05, 0) is 18.2 Å². The number of halogens is 3. The summed E-state index contributed by atoms with van der Waals surface area (Å²) >= 11 is 0. The second-order valence-corrected chi connectivity index (χ2v) is 6.16. The van der Waals surface area contributed by atoms with E-state index < -0.39 is 5.82 Å². The Morgan fingerprint density at radius 3 is 2.59 bits per heavy atom. The van der Waals surface area contributed by atoms with Crippen molar-refractivity contribution in [2.45, 2.75) is 6.42 Å². The molecule has 1 aromatic rings. The summed E-state index contributed by atoms with van der Waals surface area (Å²) in [6.07, 6.45) is 0.263. The number of methoxy groups -OCH3 is 1. The first-order valence-corrected chi connectivity index (χ1v) is 8.97. The van der Waals surface area contributed by atoms with Crippen molar-refractivity contribution in [1.82, 2.24) is 10.2 Å². The Morgan fingerprint density at radius 1 is 1.17 bits per heavy atom. The van der Waals surface area contributed by atoms with E-state index in [4.69, 9.17) is 9.47 Å². The maximum absolute atomic E-state index is 14.0. The minimum atomic E-state index is -0.550. The molecule has 8 nitrogen and oxygen atoms in total. The van der Waals surface area contributed by atoms with Gasteiger partial charge in [0.05, 0.1) is 32.1 Å². The molecule has 0 spiro atoms. The highest BCUT2D eigenvalue weighted by molar-refractivity contribution is 5.95. The third-order valence-electron chi connectivity index (χ3n) is 4.05. The van der Waals surface area contributed by atoms with Crippen molar-refractivity contribution < 1.29 is 23.5 Å². The Morgan fingerprint density at radius 2 is 1.90 bits per heavy atom. The number of nitrogens with zero attached hydrogens (tertiary/aromatic N) is 1. The number of anilines is 2. The number of ether oxygens (including phenoxy) is 2. The van der Waals surface area contributed by atoms with Crippen molar-refractivity contribution >= 4 is 48.0 Å². The molecule has 0 aliphatic carbocycles. The van der Waals surface area contributed by atoms with Crippen molar-refractivity contribution in [3.63, 3.8) is 0 Å². The highest BCUT2D eigenvalue weighted by Crippen LogP contribution is 2.20. The number of rotatable bonds is 10. The molecule has 29 heavy (non-hydrogen) atoms. The maximum atomic E-state index is 14.0. The molecule has 1 heterocycles. The molecule has 1 fully saturated rings. The summed E-state index contributed by atoms with van der Waals surface area (Å²) in [7, 11) is 1.58. The molecule has 0 bridgehead atoms. The number of nitrogens with one attached hydrogen (secondary N) is 3. The van der Waals surface area contributed by atoms with Crippen LogP contribution >= 0.6 is 24.8 Å². The van der Waals surface area contributed by atoms with E-state index in [0.717, 1.165) is 13.1 Å². The van der Waals surface area contributed by atoms with Gasteiger partial charge in [0.15, 0.2) is 0 Å². The smallest absolute Gasteiger partial charge is 0.238 e. The molecule has 11 heteroatoms. The lowest BCUT2D eigenvalue weighted by atomic mass is 10.2. The van der Waals surface area contributed by atoms with Crippen molar-refractivity contribution in [3.8, 4) is 0 Å². The highest BCUT2D eigenvalue weighted by Gasteiger charge is 2.14. The Hall–Kier alpha value is -1.49. The van der Waals surface area contributed by atoms with Gasteiger partial charge in [-0.25, -0.2) is 4.39 Å². The van der Waals surface area contributed by atoms with Crippen LogP contribution in [0.4, 0.5) is 15.8 Å². The Bertz CT molecular complexity index is 634. The van der Waals surface area contributed by atoms with E-state index in [1.54, 1.807) is 7.11 Å². The summed E-state index contributed by atoms with van der Waals surface area (Å²) in [5.74, 6) is -1.08. The van der Waals surface area contributed by atoms with Gasteiger partial charge in [-0.3, -0.25) is 14.5 Å². The van der Waals surface area contributed by atoms with Crippen molar-refractivity contribution in [2.75, 3.05) is 70.3 Å². The molecular weight excluding hydrogens is 426 g/mol. The molecule has 166 valence electrons. The number of carbonyl (C=O) groups excluding carboxylic acids is 2. The monoisotopic (exact) mass is 454 g/mol. The molecule has 3 N–H and O–H groups in total. The molecule has 1 aliphatic heterocycles. The molecular formula is C18H29Cl2FN4O4. The summed E-state index contributed by atoms with van der Waals surface area (Å²) in [4.78, 5) is 26.1. The molecule has 1 saturated heterocycles. The lowest BCUT2D eigenvalue weighted by Crippen LogP contribution is -2.38. The standard InChI is InChI=1S/C18H27FN4O4.2ClH/c1-26-9-5-20-13-18(25)21-14-2-3-15(19)16(12-14)22-17(24)4-6-23-7-10-27-11-8-23;;/h2-3,12,20H,4-11,13H2,1H3,(H,21,25)(H,22,24);2*1H. The Labute approximate surface area is 182 Å². The molecule has 0 saturated carbocycles. The van der Waals surface area contributed by atoms with Crippen molar-refractivity contribution in [2.24, 2.45) is 0 Å². The molecule has 0 atom stereocenters. The van der Waals surface area contributed by atoms with Crippen LogP contribution in [-0.2, 0) is 19.1 Å². The minimum Gasteiger partial charge on any atom is -0.383 e. The van der Waals surface area contributed by atoms with Crippen LogP contribution in [0.25, 0.3) is 0 Å². The van der Waals surface area contributed by atoms with Gasteiger partial charge in [0, 0.05) is 45.4 Å². The molecule has 2 amide bonds. The minimum absolute atomic E-state index is 0. The van der Waals surface area contributed by atoms with E-state index in [2.05, 4.69) is 20.9 Å². The number of hydrogen-bond donors (Lipinski definition) is 3. The van der Waals surface area contributed by atoms with Gasteiger partial charge in [0.1, 0.15) is 5.82 Å². The zero-order valence-electron chi connectivity index (χ0n) is 16.4. The van der Waals surface area contributed by atoms with E-state index in [9.17, 15) is 14.0 Å². The number of hydrogen-bond acceptors (Lipinski definition) is 6. The molecule has 1 aromatic carbocycles. The first-order valence-electron chi connectivity index (χ1n) is 8.97. The fourth-order valence-corrected chi connectivity index (χ4v) is 2.58. The van der Waals surface area contributed by atoms with Crippen LogP contribution in [0, 0.1) is 5.82 Å². The third-order valence-corrected chi connectivity index (χ3v) is 4.05. The zero-order chi connectivity index (χ0) is 19.5. The summed E-state index contributed by atoms with van der Waals surface area (Å²) in [5.41, 5.74) is 0.463. The lowest BCUT2D eigenvalue weighted by Gasteiger charge is -2.26. The Balaban J connectivity index is 0.00000392. The molecule has 0 radical (unpaired) electrons. The van der Waals surface area contributed by atoms with E-state index in [1.807, 2.05) is 0 Å². The molecule has 1 aliphatic rings. The van der Waals surface area contributed by atoms with Crippen molar-refractivity contribution in [3.05, 3.63) is 24.0 Å². The van der Waals surface area contributed by atoms with E-state index in [0.29, 0.717) is 38.6 Å². The van der Waals surface area contributed by atoms with Crippen LogP contribution < -0.4 is 16.0 Å². The second kappa shape index (κ2) is 15.4. The second-order valence-electron chi connectivity index (χ2n) is 6.16. The van der Waals surface area contributed by atoms with Crippen LogP contribution in [-0.4, -0.2) is 76.4 Å². The quantitative estimate of drug-likeness (QED) is 0.464. The van der Waals surface area contributed by atoms with Gasteiger partial charge < -0.3 is 25.4 Å². The van der Waals surface area contributed by atoms with Crippen LogP contribution in [0.2, 0.25) is 0 Å². The number of morpholine rings is 1. The topological polar surface area (TPSA) is 91.9 Å². The Kier molecular flexibility index (Phi) is 14.6. The van der Waals surface area contributed by atoms with Crippen LogP contribution in [0.3, 0.4) is 0 Å². The van der Waals surface area contributed by atoms with Crippen LogP contribution in [0.15, 0.2) is 18.2 Å². The van der Waals surface area contributed by atoms with Gasteiger partial charge in [-0.2, -0.15) is 0 Å². The lowest BCUT2D eigenvalue weighted by molar-refractivity contribution is -0.117. The average molecular weight is 455 g/mol. The zero-order valence-corrected chi connectivity index (χ0v) is 18.0. The number of benzene rings is 1. The van der Waals surface area contributed by atoms with Crippen LogP contribution in [0.5, 0.6) is 0 Å². The van der Waals surface area contributed by atoms with E-state index >= 15 is 0 Å². The normalized spacial score (nSPS) is 13.7. The first kappa shape index (κ1) is 27.5. The first-order chi connectivity index (χ1) is 13.1. The SMILES string of the molecule is COCCNCC(=O)Nc1ccc(F)c(NC(=O)CCN2CCOCC2)c1.Cl.Cl. The predicted octanol–water partition coefficient (Wildman–Crippen LogP) is 1.50. The highest BCUT2D eigenvalue weighted by atomic mass is 35.5. The average Bonchev–Trinajstić information content (AvgIpc) is 2.67. The van der Waals surface area contributed by atoms with Crippen molar-refractivity contribution in [1.29, 1.82) is 0 Å². The maximum Gasteiger partial charge on any atom is 0.238 e. The largest absolute Gasteiger partial charge is 0.383 e. The van der Waals surface area contributed by atoms with Gasteiger partial charge >= 0.3 is 0 Å². The van der Waals surface area contributed by atoms with Gasteiger partial charge in [0.25, 0.3) is 0 Å². The summed E-state index contributed by atoms with van der Waals surface area (Å²) in [6.45, 7) is 4.68. The fourth-order valence-electron chi connectivity index (χ4n) is 2.58. The van der Waals surface area contributed by atoms with E-state index in [-0.39, 0.29) is 55.3 Å². The number of amides is 2. The summed E-state index contributed by atoms with van der Waals surface area (Å²) < 4.78 is 24.1. The number of carbonyl (C=O) groups is 2. The third kappa shape index (κ3) is 10.7.